The fourth-order valence-electron chi connectivity index (χ4n) is 2.47. The smallest absolute Gasteiger partial charge is 0.336 e. The van der Waals surface area contributed by atoms with Crippen LogP contribution >= 0.6 is 11.8 Å². The summed E-state index contributed by atoms with van der Waals surface area (Å²) in [5, 5.41) is 10.3. The third-order valence-electron chi connectivity index (χ3n) is 3.35. The van der Waals surface area contributed by atoms with E-state index < -0.39 is 5.97 Å². The first-order chi connectivity index (χ1) is 8.68. The lowest BCUT2D eigenvalue weighted by Gasteiger charge is -2.19. The van der Waals surface area contributed by atoms with Crippen molar-refractivity contribution in [2.75, 3.05) is 5.75 Å². The summed E-state index contributed by atoms with van der Waals surface area (Å²) in [6.45, 7) is 1.98. The monoisotopic (exact) mass is 259 g/mol. The van der Waals surface area contributed by atoms with E-state index in [9.17, 15) is 9.90 Å². The van der Waals surface area contributed by atoms with Crippen LogP contribution in [0.5, 0.6) is 0 Å². The molecule has 18 heavy (non-hydrogen) atoms. The second-order valence-electron chi connectivity index (χ2n) is 4.49. The zero-order chi connectivity index (χ0) is 12.7. The fourth-order valence-corrected chi connectivity index (χ4v) is 3.47. The van der Waals surface area contributed by atoms with E-state index in [4.69, 9.17) is 0 Å². The molecule has 92 valence electrons. The van der Waals surface area contributed by atoms with E-state index in [1.54, 1.807) is 11.8 Å². The number of aryl methyl sites for hydroxylation is 2. The minimum atomic E-state index is -0.841. The predicted molar refractivity (Wildman–Crippen MR) is 73.3 cm³/mol. The molecule has 1 aromatic heterocycles. The Balaban J connectivity index is 2.44. The number of pyridine rings is 1. The molecule has 2 aromatic rings. The number of hydrogen-bond donors (Lipinski definition) is 1. The van der Waals surface area contributed by atoms with Gasteiger partial charge in [-0.3, -0.25) is 4.98 Å². The molecule has 0 radical (unpaired) electrons. The van der Waals surface area contributed by atoms with E-state index in [0.29, 0.717) is 5.56 Å². The number of nitrogens with zero attached hydrogens (tertiary/aromatic N) is 1. The highest BCUT2D eigenvalue weighted by atomic mass is 32.2. The van der Waals surface area contributed by atoms with Crippen molar-refractivity contribution < 1.29 is 9.90 Å². The van der Waals surface area contributed by atoms with Crippen molar-refractivity contribution in [3.8, 4) is 0 Å². The maximum atomic E-state index is 11.6. The molecule has 4 heteroatoms. The third kappa shape index (κ3) is 1.68. The van der Waals surface area contributed by atoms with E-state index >= 15 is 0 Å². The zero-order valence-electron chi connectivity index (χ0n) is 10.1. The topological polar surface area (TPSA) is 50.2 Å². The molecule has 1 aromatic carbocycles. The van der Waals surface area contributed by atoms with Gasteiger partial charge in [0, 0.05) is 16.8 Å². The Morgan fingerprint density at radius 3 is 3.06 bits per heavy atom. The molecule has 0 atom stereocenters. The van der Waals surface area contributed by atoms with E-state index in [2.05, 4.69) is 4.98 Å². The van der Waals surface area contributed by atoms with Crippen LogP contribution in [-0.2, 0) is 12.2 Å². The molecular weight excluding hydrogens is 246 g/mol. The number of carboxylic acid groups (broad SMARTS) is 1. The van der Waals surface area contributed by atoms with Crippen molar-refractivity contribution in [2.45, 2.75) is 19.1 Å². The lowest BCUT2D eigenvalue weighted by Crippen LogP contribution is -2.13. The second kappa shape index (κ2) is 4.28. The van der Waals surface area contributed by atoms with Crippen molar-refractivity contribution in [1.82, 2.24) is 4.98 Å². The van der Waals surface area contributed by atoms with Crippen LogP contribution in [0.4, 0.5) is 0 Å². The average Bonchev–Trinajstić information content (AvgIpc) is 2.36. The van der Waals surface area contributed by atoms with Crippen LogP contribution in [0.1, 0.15) is 27.2 Å². The van der Waals surface area contributed by atoms with Crippen LogP contribution in [0.25, 0.3) is 10.9 Å². The van der Waals surface area contributed by atoms with Crippen LogP contribution in [0.15, 0.2) is 18.2 Å². The van der Waals surface area contributed by atoms with Gasteiger partial charge < -0.3 is 5.11 Å². The first kappa shape index (κ1) is 11.5. The van der Waals surface area contributed by atoms with Gasteiger partial charge in [0.05, 0.1) is 11.1 Å². The fraction of sp³-hybridized carbons (Fsp3) is 0.286. The Bertz CT molecular complexity index is 652. The predicted octanol–water partition coefficient (Wildman–Crippen LogP) is 3.03. The molecule has 3 rings (SSSR count). The first-order valence-electron chi connectivity index (χ1n) is 5.90. The van der Waals surface area contributed by atoms with Gasteiger partial charge >= 0.3 is 5.97 Å². The summed E-state index contributed by atoms with van der Waals surface area (Å²) in [6.07, 6.45) is 0.866. The standard InChI is InChI=1S/C14H13NO2S/c1-8-3-2-4-9-12(14(16)17)10-7-18-6-5-11(10)15-13(8)9/h2-4H,5-7H2,1H3,(H,16,17). The quantitative estimate of drug-likeness (QED) is 0.855. The largest absolute Gasteiger partial charge is 0.478 e. The highest BCUT2D eigenvalue weighted by molar-refractivity contribution is 7.98. The number of thioether (sulfide) groups is 1. The van der Waals surface area contributed by atoms with Gasteiger partial charge in [-0.15, -0.1) is 0 Å². The highest BCUT2D eigenvalue weighted by Gasteiger charge is 2.22. The molecule has 2 heterocycles. The molecule has 0 unspecified atom stereocenters. The van der Waals surface area contributed by atoms with Gasteiger partial charge in [-0.1, -0.05) is 18.2 Å². The van der Waals surface area contributed by atoms with Crippen molar-refractivity contribution in [3.63, 3.8) is 0 Å². The average molecular weight is 259 g/mol. The molecule has 1 N–H and O–H groups in total. The number of benzene rings is 1. The van der Waals surface area contributed by atoms with Gasteiger partial charge in [-0.25, -0.2) is 4.79 Å². The Morgan fingerprint density at radius 1 is 1.44 bits per heavy atom. The van der Waals surface area contributed by atoms with Crippen LogP contribution in [0, 0.1) is 6.92 Å². The minimum Gasteiger partial charge on any atom is -0.478 e. The van der Waals surface area contributed by atoms with Crippen molar-refractivity contribution in [3.05, 3.63) is 40.6 Å². The summed E-state index contributed by atoms with van der Waals surface area (Å²) < 4.78 is 0. The number of aromatic carboxylic acids is 1. The van der Waals surface area contributed by atoms with Crippen LogP contribution in [-0.4, -0.2) is 21.8 Å². The number of fused-ring (bicyclic) bond motifs is 2. The zero-order valence-corrected chi connectivity index (χ0v) is 10.9. The van der Waals surface area contributed by atoms with Crippen LogP contribution in [0.2, 0.25) is 0 Å². The summed E-state index contributed by atoms with van der Waals surface area (Å²) >= 11 is 1.78. The first-order valence-corrected chi connectivity index (χ1v) is 7.06. The van der Waals surface area contributed by atoms with Gasteiger partial charge in [-0.2, -0.15) is 11.8 Å². The second-order valence-corrected chi connectivity index (χ2v) is 5.60. The van der Waals surface area contributed by atoms with Crippen molar-refractivity contribution in [2.24, 2.45) is 0 Å². The molecule has 3 nitrogen and oxygen atoms in total. The molecule has 1 aliphatic heterocycles. The van der Waals surface area contributed by atoms with E-state index in [0.717, 1.165) is 45.7 Å². The Hall–Kier alpha value is -1.55. The Morgan fingerprint density at radius 2 is 2.28 bits per heavy atom. The van der Waals surface area contributed by atoms with Crippen LogP contribution < -0.4 is 0 Å². The molecule has 1 aliphatic rings. The molecule has 0 spiro atoms. The maximum absolute atomic E-state index is 11.6. The van der Waals surface area contributed by atoms with Gasteiger partial charge in [0.2, 0.25) is 0 Å². The minimum absolute atomic E-state index is 0.450. The molecule has 0 bridgehead atoms. The third-order valence-corrected chi connectivity index (χ3v) is 4.33. The van der Waals surface area contributed by atoms with Gasteiger partial charge in [0.1, 0.15) is 0 Å². The SMILES string of the molecule is Cc1cccc2c(C(=O)O)c3c(nc12)CCSC3. The number of hydrogen-bond acceptors (Lipinski definition) is 3. The van der Waals surface area contributed by atoms with E-state index in [1.807, 2.05) is 25.1 Å². The van der Waals surface area contributed by atoms with E-state index in [-0.39, 0.29) is 0 Å². The number of aromatic nitrogens is 1. The van der Waals surface area contributed by atoms with Gasteiger partial charge in [0.15, 0.2) is 0 Å². The summed E-state index contributed by atoms with van der Waals surface area (Å²) in [6, 6.07) is 5.73. The molecule has 0 amide bonds. The van der Waals surface area contributed by atoms with Crippen molar-refractivity contribution in [1.29, 1.82) is 0 Å². The molecule has 0 saturated carbocycles. The number of rotatable bonds is 1. The van der Waals surface area contributed by atoms with E-state index in [1.165, 1.54) is 0 Å². The number of para-hydroxylation sites is 1. The Kier molecular flexibility index (Phi) is 2.74. The summed E-state index contributed by atoms with van der Waals surface area (Å²) in [5.41, 5.74) is 4.20. The highest BCUT2D eigenvalue weighted by Crippen LogP contribution is 2.32. The molecular formula is C14H13NO2S. The summed E-state index contributed by atoms with van der Waals surface area (Å²) in [5.74, 6) is 0.941. The number of carboxylic acids is 1. The summed E-state index contributed by atoms with van der Waals surface area (Å²) in [4.78, 5) is 16.2. The maximum Gasteiger partial charge on any atom is 0.336 e. The lowest BCUT2D eigenvalue weighted by molar-refractivity contribution is 0.0698. The molecule has 0 fully saturated rings. The number of carbonyl (C=O) groups is 1. The lowest BCUT2D eigenvalue weighted by atomic mass is 9.98. The Labute approximate surface area is 109 Å². The normalized spacial score (nSPS) is 14.5. The summed E-state index contributed by atoms with van der Waals surface area (Å²) in [7, 11) is 0. The molecule has 0 saturated heterocycles. The van der Waals surface area contributed by atoms with Gasteiger partial charge in [0.25, 0.3) is 0 Å². The van der Waals surface area contributed by atoms with Crippen molar-refractivity contribution >= 4 is 28.6 Å². The van der Waals surface area contributed by atoms with Crippen LogP contribution in [0.3, 0.4) is 0 Å². The van der Waals surface area contributed by atoms with Gasteiger partial charge in [-0.05, 0) is 30.2 Å². The molecule has 0 aliphatic carbocycles.